The summed E-state index contributed by atoms with van der Waals surface area (Å²) in [5.41, 5.74) is 24.3. The molecule has 1 heteroatoms. The van der Waals surface area contributed by atoms with Crippen LogP contribution >= 0.6 is 0 Å². The minimum atomic E-state index is -0.592. The van der Waals surface area contributed by atoms with Crippen molar-refractivity contribution in [3.8, 4) is 77.9 Å². The van der Waals surface area contributed by atoms with Crippen molar-refractivity contribution in [2.75, 3.05) is 4.90 Å². The Balaban J connectivity index is 1.03. The Labute approximate surface area is 434 Å². The van der Waals surface area contributed by atoms with Crippen LogP contribution in [0.25, 0.3) is 77.9 Å². The average Bonchev–Trinajstić information content (AvgIpc) is 3.89. The molecule has 0 atom stereocenters. The molecule has 1 nitrogen and oxygen atoms in total. The van der Waals surface area contributed by atoms with Crippen LogP contribution in [-0.2, 0) is 5.41 Å². The number of rotatable bonds is 11. The van der Waals surface area contributed by atoms with E-state index in [9.17, 15) is 0 Å². The highest BCUT2D eigenvalue weighted by atomic mass is 15.1. The van der Waals surface area contributed by atoms with Crippen molar-refractivity contribution in [3.63, 3.8) is 0 Å². The molecule has 0 N–H and O–H groups in total. The van der Waals surface area contributed by atoms with Crippen LogP contribution in [0.3, 0.4) is 0 Å². The summed E-state index contributed by atoms with van der Waals surface area (Å²) in [6.45, 7) is 0. The van der Waals surface area contributed by atoms with Gasteiger partial charge in [-0.15, -0.1) is 0 Å². The molecule has 0 amide bonds. The van der Waals surface area contributed by atoms with Gasteiger partial charge in [-0.25, -0.2) is 0 Å². The van der Waals surface area contributed by atoms with E-state index < -0.39 is 5.41 Å². The van der Waals surface area contributed by atoms with Gasteiger partial charge in [0.25, 0.3) is 0 Å². The van der Waals surface area contributed by atoms with Crippen LogP contribution in [0.15, 0.2) is 309 Å². The van der Waals surface area contributed by atoms with Crippen molar-refractivity contribution in [3.05, 3.63) is 332 Å². The molecule has 0 radical (unpaired) electrons. The SMILES string of the molecule is c1ccc(-c2ccc(-c3ccc(N(c4ccc(-c5ccc(-c6ccccc6)cc5)cc4)c4cc5c(cc4-c4cccc(-c6ccccc6)c4)-c4ccccc4C5(c4ccccc4)c4ccccc4)cc3)cc2)cc1. The third-order valence-corrected chi connectivity index (χ3v) is 15.0. The highest BCUT2D eigenvalue weighted by Crippen LogP contribution is 2.59. The van der Waals surface area contributed by atoms with E-state index in [-0.39, 0.29) is 0 Å². The first kappa shape index (κ1) is 44.4. The third kappa shape index (κ3) is 8.02. The fraction of sp³-hybridized carbons (Fsp3) is 0.0137. The van der Waals surface area contributed by atoms with E-state index in [1.807, 2.05) is 0 Å². The molecule has 1 aliphatic carbocycles. The Kier molecular flexibility index (Phi) is 11.5. The standard InChI is InChI=1S/C73H51N/c1-6-19-52(20-7-1)55-33-37-57(38-34-55)59-41-45-65(46-42-59)74(66-47-43-60(44-48-66)58-39-35-56(36-40-58)53-21-8-2-9-22-53)72-51-71-69(50-68(72)62-26-18-25-61(49-62)54-23-10-3-11-24-54)67-31-16-17-32-70(67)73(71,63-27-12-4-13-28-63)64-29-14-5-15-30-64/h1-51H. The molecule has 348 valence electrons. The van der Waals surface area contributed by atoms with Gasteiger partial charge in [0, 0.05) is 16.9 Å². The van der Waals surface area contributed by atoms with E-state index in [2.05, 4.69) is 314 Å². The molecular weight excluding hydrogens is 891 g/mol. The molecule has 0 spiro atoms. The summed E-state index contributed by atoms with van der Waals surface area (Å²) in [5, 5.41) is 0. The van der Waals surface area contributed by atoms with E-state index in [0.29, 0.717) is 0 Å². The summed E-state index contributed by atoms with van der Waals surface area (Å²) in [4.78, 5) is 2.49. The van der Waals surface area contributed by atoms with Gasteiger partial charge in [-0.05, 0) is 137 Å². The van der Waals surface area contributed by atoms with E-state index >= 15 is 0 Å². The number of hydrogen-bond donors (Lipinski definition) is 0. The first-order chi connectivity index (χ1) is 36.7. The first-order valence-corrected chi connectivity index (χ1v) is 25.6. The van der Waals surface area contributed by atoms with Crippen LogP contribution in [0.4, 0.5) is 17.1 Å². The Morgan fingerprint density at radius 2 is 0.541 bits per heavy atom. The predicted molar refractivity (Wildman–Crippen MR) is 311 cm³/mol. The lowest BCUT2D eigenvalue weighted by atomic mass is 9.67. The van der Waals surface area contributed by atoms with E-state index in [0.717, 1.165) is 39.3 Å². The second-order valence-corrected chi connectivity index (χ2v) is 19.2. The lowest BCUT2D eigenvalue weighted by Gasteiger charge is -2.35. The quantitative estimate of drug-likeness (QED) is 0.125. The second kappa shape index (κ2) is 19.2. The maximum Gasteiger partial charge on any atom is 0.0714 e. The molecule has 0 fully saturated rings. The Bertz CT molecular complexity index is 3700. The zero-order chi connectivity index (χ0) is 49.3. The highest BCUT2D eigenvalue weighted by Gasteiger charge is 2.47. The molecule has 12 aromatic carbocycles. The number of benzene rings is 12. The van der Waals surface area contributed by atoms with Gasteiger partial charge in [0.1, 0.15) is 0 Å². The molecule has 1 aliphatic rings. The molecule has 0 saturated heterocycles. The fourth-order valence-electron chi connectivity index (χ4n) is 11.4. The van der Waals surface area contributed by atoms with Gasteiger partial charge < -0.3 is 4.90 Å². The predicted octanol–water partition coefficient (Wildman–Crippen LogP) is 19.5. The molecule has 0 unspecified atom stereocenters. The van der Waals surface area contributed by atoms with Crippen molar-refractivity contribution < 1.29 is 0 Å². The van der Waals surface area contributed by atoms with Gasteiger partial charge in [-0.3, -0.25) is 0 Å². The van der Waals surface area contributed by atoms with Gasteiger partial charge in [-0.2, -0.15) is 0 Å². The Hall–Kier alpha value is -9.56. The Morgan fingerprint density at radius 1 is 0.203 bits per heavy atom. The summed E-state index contributed by atoms with van der Waals surface area (Å²) >= 11 is 0. The molecule has 0 heterocycles. The summed E-state index contributed by atoms with van der Waals surface area (Å²) in [6.07, 6.45) is 0. The van der Waals surface area contributed by atoms with Gasteiger partial charge in [0.15, 0.2) is 0 Å². The van der Waals surface area contributed by atoms with Crippen molar-refractivity contribution in [2.24, 2.45) is 0 Å². The summed E-state index contributed by atoms with van der Waals surface area (Å²) in [6, 6.07) is 113. The van der Waals surface area contributed by atoms with E-state index in [1.165, 1.54) is 77.9 Å². The fourth-order valence-corrected chi connectivity index (χ4v) is 11.4. The van der Waals surface area contributed by atoms with Crippen LogP contribution < -0.4 is 4.90 Å². The Morgan fingerprint density at radius 3 is 0.986 bits per heavy atom. The molecule has 0 aliphatic heterocycles. The van der Waals surface area contributed by atoms with Gasteiger partial charge >= 0.3 is 0 Å². The van der Waals surface area contributed by atoms with Gasteiger partial charge in [0.2, 0.25) is 0 Å². The van der Waals surface area contributed by atoms with Gasteiger partial charge in [-0.1, -0.05) is 267 Å². The zero-order valence-electron chi connectivity index (χ0n) is 40.9. The topological polar surface area (TPSA) is 3.24 Å². The first-order valence-electron chi connectivity index (χ1n) is 25.6. The van der Waals surface area contributed by atoms with Crippen LogP contribution in [-0.4, -0.2) is 0 Å². The van der Waals surface area contributed by atoms with Crippen molar-refractivity contribution in [1.29, 1.82) is 0 Å². The molecular formula is C73H51N. The normalized spacial score (nSPS) is 12.2. The monoisotopic (exact) mass is 941 g/mol. The molecule has 12 aromatic rings. The van der Waals surface area contributed by atoms with E-state index in [4.69, 9.17) is 0 Å². The molecule has 13 rings (SSSR count). The lowest BCUT2D eigenvalue weighted by Crippen LogP contribution is -2.28. The smallest absolute Gasteiger partial charge is 0.0714 e. The summed E-state index contributed by atoms with van der Waals surface area (Å²) in [7, 11) is 0. The number of hydrogen-bond acceptors (Lipinski definition) is 1. The van der Waals surface area contributed by atoms with Crippen LogP contribution in [0.2, 0.25) is 0 Å². The van der Waals surface area contributed by atoms with Crippen LogP contribution in [0.1, 0.15) is 22.3 Å². The van der Waals surface area contributed by atoms with Crippen molar-refractivity contribution in [2.45, 2.75) is 5.41 Å². The maximum atomic E-state index is 2.52. The number of fused-ring (bicyclic) bond motifs is 3. The molecule has 0 saturated carbocycles. The van der Waals surface area contributed by atoms with Crippen molar-refractivity contribution in [1.82, 2.24) is 0 Å². The highest BCUT2D eigenvalue weighted by molar-refractivity contribution is 5.97. The number of anilines is 3. The number of nitrogens with zero attached hydrogens (tertiary/aromatic N) is 1. The molecule has 74 heavy (non-hydrogen) atoms. The molecule has 0 bridgehead atoms. The average molecular weight is 942 g/mol. The second-order valence-electron chi connectivity index (χ2n) is 19.2. The maximum absolute atomic E-state index is 2.52. The molecule has 0 aromatic heterocycles. The largest absolute Gasteiger partial charge is 0.310 e. The minimum Gasteiger partial charge on any atom is -0.310 e. The summed E-state index contributed by atoms with van der Waals surface area (Å²) < 4.78 is 0. The zero-order valence-corrected chi connectivity index (χ0v) is 40.9. The van der Waals surface area contributed by atoms with Crippen LogP contribution in [0.5, 0.6) is 0 Å². The minimum absolute atomic E-state index is 0.592. The van der Waals surface area contributed by atoms with Crippen LogP contribution in [0, 0.1) is 0 Å². The van der Waals surface area contributed by atoms with Gasteiger partial charge in [0.05, 0.1) is 11.1 Å². The van der Waals surface area contributed by atoms with Crippen molar-refractivity contribution >= 4 is 17.1 Å². The third-order valence-electron chi connectivity index (χ3n) is 15.0. The summed E-state index contributed by atoms with van der Waals surface area (Å²) in [5.74, 6) is 0. The van der Waals surface area contributed by atoms with E-state index in [1.54, 1.807) is 0 Å². The lowest BCUT2D eigenvalue weighted by molar-refractivity contribution is 0.768.